The molecule has 0 aliphatic carbocycles. The van der Waals surface area contributed by atoms with Crippen molar-refractivity contribution in [2.24, 2.45) is 0 Å². The molecule has 18 heavy (non-hydrogen) atoms. The minimum atomic E-state index is -0.299. The zero-order chi connectivity index (χ0) is 13.0. The van der Waals surface area contributed by atoms with Crippen LogP contribution in [0, 0.1) is 0 Å². The van der Waals surface area contributed by atoms with E-state index in [2.05, 4.69) is 4.90 Å². The van der Waals surface area contributed by atoms with Crippen LogP contribution in [0.1, 0.15) is 30.1 Å². The number of benzene rings is 1. The summed E-state index contributed by atoms with van der Waals surface area (Å²) in [5.41, 5.74) is 1.54. The molecule has 1 fully saturated rings. The van der Waals surface area contributed by atoms with Gasteiger partial charge < -0.3 is 9.64 Å². The number of rotatable bonds is 3. The van der Waals surface area contributed by atoms with Gasteiger partial charge in [-0.3, -0.25) is 4.79 Å². The number of carbonyl (C=O) groups excluding carboxylic acids is 2. The molecule has 0 saturated carbocycles. The zero-order valence-electron chi connectivity index (χ0n) is 10.5. The van der Waals surface area contributed by atoms with Gasteiger partial charge in [0.05, 0.1) is 12.2 Å². The number of esters is 1. The molecule has 2 rings (SSSR count). The van der Waals surface area contributed by atoms with Gasteiger partial charge in [-0.15, -0.1) is 0 Å². The number of hydrogen-bond acceptors (Lipinski definition) is 4. The van der Waals surface area contributed by atoms with E-state index in [9.17, 15) is 9.59 Å². The summed E-state index contributed by atoms with van der Waals surface area (Å²) in [6.45, 7) is 3.62. The minimum absolute atomic E-state index is 0.299. The van der Waals surface area contributed by atoms with Gasteiger partial charge in [0.25, 0.3) is 0 Å². The third kappa shape index (κ3) is 2.88. The van der Waals surface area contributed by atoms with Gasteiger partial charge in [-0.1, -0.05) is 6.07 Å². The van der Waals surface area contributed by atoms with E-state index in [4.69, 9.17) is 4.74 Å². The van der Waals surface area contributed by atoms with Gasteiger partial charge >= 0.3 is 5.97 Å². The first-order chi connectivity index (χ1) is 8.70. The quantitative estimate of drug-likeness (QED) is 0.767. The number of Topliss-reactive ketones (excluding diaryl/α,β-unsaturated/α-hetero) is 1. The molecule has 0 N–H and O–H groups in total. The van der Waals surface area contributed by atoms with E-state index in [1.54, 1.807) is 13.0 Å². The highest BCUT2D eigenvalue weighted by Gasteiger charge is 2.17. The van der Waals surface area contributed by atoms with Gasteiger partial charge in [-0.05, 0) is 25.1 Å². The first-order valence-electron chi connectivity index (χ1n) is 6.24. The summed E-state index contributed by atoms with van der Waals surface area (Å²) < 4.78 is 4.98. The zero-order valence-corrected chi connectivity index (χ0v) is 10.5. The maximum absolute atomic E-state index is 11.6. The van der Waals surface area contributed by atoms with E-state index in [1.807, 2.05) is 18.2 Å². The molecule has 4 nitrogen and oxygen atoms in total. The van der Waals surface area contributed by atoms with Gasteiger partial charge in [0.2, 0.25) is 0 Å². The predicted molar refractivity (Wildman–Crippen MR) is 68.9 cm³/mol. The summed E-state index contributed by atoms with van der Waals surface area (Å²) in [6.07, 6.45) is 1.17. The Labute approximate surface area is 107 Å². The van der Waals surface area contributed by atoms with Crippen LogP contribution in [-0.4, -0.2) is 31.4 Å². The molecule has 4 heteroatoms. The Morgan fingerprint density at radius 3 is 2.72 bits per heavy atom. The first kappa shape index (κ1) is 12.6. The third-order valence-corrected chi connectivity index (χ3v) is 3.04. The van der Waals surface area contributed by atoms with Crippen LogP contribution >= 0.6 is 0 Å². The van der Waals surface area contributed by atoms with Gasteiger partial charge in [-0.25, -0.2) is 4.79 Å². The van der Waals surface area contributed by atoms with Crippen LogP contribution in [0.15, 0.2) is 24.3 Å². The number of anilines is 1. The van der Waals surface area contributed by atoms with E-state index in [1.165, 1.54) is 0 Å². The maximum atomic E-state index is 11.6. The number of piperidine rings is 1. The molecule has 0 radical (unpaired) electrons. The topological polar surface area (TPSA) is 46.6 Å². The Balaban J connectivity index is 2.12. The maximum Gasteiger partial charge on any atom is 0.338 e. The molecule has 96 valence electrons. The fourth-order valence-electron chi connectivity index (χ4n) is 2.06. The van der Waals surface area contributed by atoms with Crippen LogP contribution in [0.3, 0.4) is 0 Å². The van der Waals surface area contributed by atoms with Gasteiger partial charge in [0, 0.05) is 31.6 Å². The van der Waals surface area contributed by atoms with Gasteiger partial charge in [-0.2, -0.15) is 0 Å². The Morgan fingerprint density at radius 2 is 2.06 bits per heavy atom. The molecule has 1 aromatic carbocycles. The van der Waals surface area contributed by atoms with Crippen molar-refractivity contribution in [3.8, 4) is 0 Å². The number of hydrogen-bond donors (Lipinski definition) is 0. The van der Waals surface area contributed by atoms with Crippen molar-refractivity contribution < 1.29 is 14.3 Å². The highest BCUT2D eigenvalue weighted by Crippen LogP contribution is 2.20. The third-order valence-electron chi connectivity index (χ3n) is 3.04. The monoisotopic (exact) mass is 247 g/mol. The average molecular weight is 247 g/mol. The van der Waals surface area contributed by atoms with Crippen LogP contribution in [0.5, 0.6) is 0 Å². The summed E-state index contributed by atoms with van der Waals surface area (Å²) >= 11 is 0. The highest BCUT2D eigenvalue weighted by atomic mass is 16.5. The lowest BCUT2D eigenvalue weighted by atomic mass is 10.1. The number of ether oxygens (including phenoxy) is 1. The molecular weight excluding hydrogens is 230 g/mol. The molecule has 0 bridgehead atoms. The predicted octanol–water partition coefficient (Wildman–Crippen LogP) is 2.03. The molecule has 0 amide bonds. The number of nitrogens with zero attached hydrogens (tertiary/aromatic N) is 1. The summed E-state index contributed by atoms with van der Waals surface area (Å²) in [4.78, 5) is 25.0. The van der Waals surface area contributed by atoms with E-state index in [0.717, 1.165) is 18.8 Å². The van der Waals surface area contributed by atoms with Gasteiger partial charge in [0.15, 0.2) is 0 Å². The lowest BCUT2D eigenvalue weighted by Gasteiger charge is -2.28. The second-order valence-electron chi connectivity index (χ2n) is 4.30. The van der Waals surface area contributed by atoms with Crippen molar-refractivity contribution in [3.05, 3.63) is 29.8 Å². The van der Waals surface area contributed by atoms with Crippen LogP contribution in [0.2, 0.25) is 0 Å². The number of ketones is 1. The van der Waals surface area contributed by atoms with Crippen LogP contribution < -0.4 is 4.90 Å². The number of carbonyl (C=O) groups is 2. The summed E-state index contributed by atoms with van der Waals surface area (Å²) in [5, 5.41) is 0. The largest absolute Gasteiger partial charge is 0.462 e. The second-order valence-corrected chi connectivity index (χ2v) is 4.30. The fraction of sp³-hybridized carbons (Fsp3) is 0.429. The molecule has 1 saturated heterocycles. The Hall–Kier alpha value is -1.84. The van der Waals surface area contributed by atoms with Crippen LogP contribution in [-0.2, 0) is 9.53 Å². The molecule has 0 aromatic heterocycles. The van der Waals surface area contributed by atoms with Crippen molar-refractivity contribution >= 4 is 17.4 Å². The second kappa shape index (κ2) is 5.67. The summed E-state index contributed by atoms with van der Waals surface area (Å²) in [7, 11) is 0. The van der Waals surface area contributed by atoms with Gasteiger partial charge in [0.1, 0.15) is 5.78 Å². The highest BCUT2D eigenvalue weighted by molar-refractivity contribution is 5.90. The van der Waals surface area contributed by atoms with Crippen molar-refractivity contribution in [3.63, 3.8) is 0 Å². The normalized spacial score (nSPS) is 15.6. The van der Waals surface area contributed by atoms with E-state index in [0.29, 0.717) is 30.8 Å². The molecule has 1 heterocycles. The molecule has 1 aliphatic heterocycles. The molecule has 1 aliphatic rings. The molecular formula is C14H17NO3. The lowest BCUT2D eigenvalue weighted by Crippen LogP contribution is -2.33. The first-order valence-corrected chi connectivity index (χ1v) is 6.24. The van der Waals surface area contributed by atoms with Crippen molar-refractivity contribution in [1.82, 2.24) is 0 Å². The molecule has 0 unspecified atom stereocenters. The average Bonchev–Trinajstić information content (AvgIpc) is 2.40. The summed E-state index contributed by atoms with van der Waals surface area (Å²) in [6, 6.07) is 7.38. The lowest BCUT2D eigenvalue weighted by molar-refractivity contribution is -0.119. The van der Waals surface area contributed by atoms with E-state index >= 15 is 0 Å². The smallest absolute Gasteiger partial charge is 0.338 e. The fourth-order valence-corrected chi connectivity index (χ4v) is 2.06. The molecule has 0 atom stereocenters. The van der Waals surface area contributed by atoms with Crippen molar-refractivity contribution in [2.45, 2.75) is 19.8 Å². The Bertz CT molecular complexity index is 446. The minimum Gasteiger partial charge on any atom is -0.462 e. The van der Waals surface area contributed by atoms with E-state index in [-0.39, 0.29) is 5.97 Å². The SMILES string of the molecule is CCOC(=O)c1cccc(N2CCC(=O)CC2)c1. The Morgan fingerprint density at radius 1 is 1.33 bits per heavy atom. The van der Waals surface area contributed by atoms with Crippen LogP contribution in [0.4, 0.5) is 5.69 Å². The Kier molecular flexibility index (Phi) is 3.97. The summed E-state index contributed by atoms with van der Waals surface area (Å²) in [5.74, 6) is 0.0141. The van der Waals surface area contributed by atoms with Crippen molar-refractivity contribution in [2.75, 3.05) is 24.6 Å². The molecule has 1 aromatic rings. The van der Waals surface area contributed by atoms with Crippen molar-refractivity contribution in [1.29, 1.82) is 0 Å². The van der Waals surface area contributed by atoms with Crippen LogP contribution in [0.25, 0.3) is 0 Å². The molecule has 0 spiro atoms. The van der Waals surface area contributed by atoms with E-state index < -0.39 is 0 Å². The standard InChI is InChI=1S/C14H17NO3/c1-2-18-14(17)11-4-3-5-12(10-11)15-8-6-13(16)7-9-15/h3-5,10H,2,6-9H2,1H3.